The summed E-state index contributed by atoms with van der Waals surface area (Å²) in [6.07, 6.45) is 2.72. The van der Waals surface area contributed by atoms with Crippen molar-refractivity contribution in [2.45, 2.75) is 44.0 Å². The summed E-state index contributed by atoms with van der Waals surface area (Å²) in [7, 11) is -3.61. The lowest BCUT2D eigenvalue weighted by Gasteiger charge is -2.26. The van der Waals surface area contributed by atoms with Gasteiger partial charge in [-0.15, -0.1) is 0 Å². The molecule has 2 aromatic carbocycles. The minimum absolute atomic E-state index is 0.142. The van der Waals surface area contributed by atoms with Gasteiger partial charge in [0.25, 0.3) is 5.91 Å². The quantitative estimate of drug-likeness (QED) is 0.583. The minimum atomic E-state index is -3.61. The van der Waals surface area contributed by atoms with Gasteiger partial charge in [0.15, 0.2) is 6.61 Å². The zero-order valence-electron chi connectivity index (χ0n) is 19.0. The normalized spacial score (nSPS) is 15.6. The molecule has 0 radical (unpaired) electrons. The van der Waals surface area contributed by atoms with Gasteiger partial charge in [0.1, 0.15) is 11.8 Å². The smallest absolute Gasteiger partial charge is 0.258 e. The third-order valence-corrected chi connectivity index (χ3v) is 7.33. The molecule has 178 valence electrons. The molecule has 1 aliphatic heterocycles. The molecule has 2 amide bonds. The largest absolute Gasteiger partial charge is 0.484 e. The monoisotopic (exact) mass is 473 g/mol. The van der Waals surface area contributed by atoms with E-state index in [0.29, 0.717) is 24.5 Å². The Bertz CT molecular complexity index is 1050. The number of rotatable bonds is 9. The summed E-state index contributed by atoms with van der Waals surface area (Å²) < 4.78 is 32.8. The summed E-state index contributed by atoms with van der Waals surface area (Å²) in [6, 6.07) is 14.3. The van der Waals surface area contributed by atoms with Gasteiger partial charge in [-0.1, -0.05) is 44.5 Å². The molecule has 0 aromatic heterocycles. The molecule has 1 atom stereocenters. The van der Waals surface area contributed by atoms with Gasteiger partial charge in [0.05, 0.1) is 4.90 Å². The highest BCUT2D eigenvalue weighted by Gasteiger charge is 2.27. The van der Waals surface area contributed by atoms with Gasteiger partial charge < -0.3 is 15.4 Å². The van der Waals surface area contributed by atoms with Crippen LogP contribution in [0.2, 0.25) is 0 Å². The van der Waals surface area contributed by atoms with E-state index in [4.69, 9.17) is 4.74 Å². The maximum Gasteiger partial charge on any atom is 0.258 e. The standard InChI is InChI=1S/C24H31N3O5S/c1-18(2)23(26-22(28)17-32-20-11-5-3-6-12-20)24(29)25-19-10-9-13-21(16-19)33(30,31)27-14-7-4-8-15-27/h3,5-6,9-13,16,18,23H,4,7-8,14-15,17H2,1-2H3,(H,25,29)(H,26,28)/t23-/m0/s1. The summed E-state index contributed by atoms with van der Waals surface area (Å²) in [4.78, 5) is 25.4. The van der Waals surface area contributed by atoms with Crippen LogP contribution in [0.25, 0.3) is 0 Å². The molecule has 9 heteroatoms. The number of para-hydroxylation sites is 1. The molecular formula is C24H31N3O5S. The van der Waals surface area contributed by atoms with Crippen LogP contribution in [-0.2, 0) is 19.6 Å². The maximum absolute atomic E-state index is 12.9. The zero-order valence-corrected chi connectivity index (χ0v) is 19.8. The topological polar surface area (TPSA) is 105 Å². The number of piperidine rings is 1. The molecule has 2 aromatic rings. The SMILES string of the molecule is CC(C)[C@H](NC(=O)COc1ccccc1)C(=O)Nc1cccc(S(=O)(=O)N2CCCCC2)c1. The fraction of sp³-hybridized carbons (Fsp3) is 0.417. The molecule has 2 N–H and O–H groups in total. The molecule has 0 saturated carbocycles. The lowest BCUT2D eigenvalue weighted by molar-refractivity contribution is -0.128. The first-order chi connectivity index (χ1) is 15.8. The average molecular weight is 474 g/mol. The van der Waals surface area contributed by atoms with E-state index in [1.54, 1.807) is 36.4 Å². The lowest BCUT2D eigenvalue weighted by Crippen LogP contribution is -2.48. The first-order valence-corrected chi connectivity index (χ1v) is 12.6. The molecule has 1 aliphatic rings. The van der Waals surface area contributed by atoms with Gasteiger partial charge >= 0.3 is 0 Å². The Morgan fingerprint density at radius 3 is 2.36 bits per heavy atom. The van der Waals surface area contributed by atoms with Crippen LogP contribution >= 0.6 is 0 Å². The van der Waals surface area contributed by atoms with Gasteiger partial charge in [-0.05, 0) is 49.1 Å². The van der Waals surface area contributed by atoms with Crippen molar-refractivity contribution in [3.63, 3.8) is 0 Å². The molecule has 8 nitrogen and oxygen atoms in total. The molecule has 0 spiro atoms. The van der Waals surface area contributed by atoms with Crippen molar-refractivity contribution in [1.29, 1.82) is 0 Å². The Labute approximate surface area is 195 Å². The van der Waals surface area contributed by atoms with Crippen molar-refractivity contribution >= 4 is 27.5 Å². The highest BCUT2D eigenvalue weighted by atomic mass is 32.2. The van der Waals surface area contributed by atoms with E-state index in [-0.39, 0.29) is 17.4 Å². The Hall–Kier alpha value is -2.91. The highest BCUT2D eigenvalue weighted by molar-refractivity contribution is 7.89. The molecule has 1 saturated heterocycles. The van der Waals surface area contributed by atoms with Gasteiger partial charge in [-0.2, -0.15) is 4.31 Å². The van der Waals surface area contributed by atoms with E-state index in [0.717, 1.165) is 19.3 Å². The predicted octanol–water partition coefficient (Wildman–Crippen LogP) is 3.02. The van der Waals surface area contributed by atoms with Crippen LogP contribution in [0, 0.1) is 5.92 Å². The summed E-state index contributed by atoms with van der Waals surface area (Å²) >= 11 is 0. The molecule has 1 fully saturated rings. The van der Waals surface area contributed by atoms with Crippen LogP contribution in [0.4, 0.5) is 5.69 Å². The van der Waals surface area contributed by atoms with Crippen LogP contribution in [0.15, 0.2) is 59.5 Å². The second kappa shape index (κ2) is 11.3. The Kier molecular flexibility index (Phi) is 8.46. The van der Waals surface area contributed by atoms with E-state index in [1.165, 1.54) is 16.4 Å². The number of amides is 2. The summed E-state index contributed by atoms with van der Waals surface area (Å²) in [5, 5.41) is 5.44. The molecule has 0 aliphatic carbocycles. The maximum atomic E-state index is 12.9. The number of nitrogens with one attached hydrogen (secondary N) is 2. The predicted molar refractivity (Wildman–Crippen MR) is 126 cm³/mol. The van der Waals surface area contributed by atoms with E-state index >= 15 is 0 Å². The zero-order chi connectivity index (χ0) is 23.8. The van der Waals surface area contributed by atoms with Crippen molar-refractivity contribution in [3.05, 3.63) is 54.6 Å². The van der Waals surface area contributed by atoms with Crippen LogP contribution in [0.5, 0.6) is 5.75 Å². The number of benzene rings is 2. The number of hydrogen-bond acceptors (Lipinski definition) is 5. The Morgan fingerprint density at radius 2 is 1.70 bits per heavy atom. The first kappa shape index (κ1) is 24.7. The number of hydrogen-bond donors (Lipinski definition) is 2. The van der Waals surface area contributed by atoms with Crippen molar-refractivity contribution in [1.82, 2.24) is 9.62 Å². The molecule has 3 rings (SSSR count). The third-order valence-electron chi connectivity index (χ3n) is 5.43. The van der Waals surface area contributed by atoms with Crippen molar-refractivity contribution < 1.29 is 22.7 Å². The summed E-state index contributed by atoms with van der Waals surface area (Å²) in [6.45, 7) is 4.43. The molecule has 33 heavy (non-hydrogen) atoms. The van der Waals surface area contributed by atoms with Gasteiger partial charge in [-0.25, -0.2) is 8.42 Å². The number of anilines is 1. The van der Waals surface area contributed by atoms with Crippen molar-refractivity contribution in [3.8, 4) is 5.75 Å². The van der Waals surface area contributed by atoms with Gasteiger partial charge in [0.2, 0.25) is 15.9 Å². The minimum Gasteiger partial charge on any atom is -0.484 e. The van der Waals surface area contributed by atoms with Crippen LogP contribution < -0.4 is 15.4 Å². The molecular weight excluding hydrogens is 442 g/mol. The Morgan fingerprint density at radius 1 is 1.00 bits per heavy atom. The van der Waals surface area contributed by atoms with Gasteiger partial charge in [-0.3, -0.25) is 9.59 Å². The Balaban J connectivity index is 1.64. The van der Waals surface area contributed by atoms with Crippen molar-refractivity contribution in [2.75, 3.05) is 25.0 Å². The van der Waals surface area contributed by atoms with Gasteiger partial charge in [0, 0.05) is 18.8 Å². The molecule has 0 bridgehead atoms. The first-order valence-electron chi connectivity index (χ1n) is 11.2. The second-order valence-electron chi connectivity index (χ2n) is 8.37. The summed E-state index contributed by atoms with van der Waals surface area (Å²) in [5.74, 6) is -0.476. The number of nitrogens with zero attached hydrogens (tertiary/aromatic N) is 1. The van der Waals surface area contributed by atoms with E-state index in [1.807, 2.05) is 19.9 Å². The molecule has 1 heterocycles. The van der Waals surface area contributed by atoms with E-state index in [9.17, 15) is 18.0 Å². The van der Waals surface area contributed by atoms with Crippen molar-refractivity contribution in [2.24, 2.45) is 5.92 Å². The number of carbonyl (C=O) groups is 2. The van der Waals surface area contributed by atoms with Crippen LogP contribution in [-0.4, -0.2) is 50.3 Å². The lowest BCUT2D eigenvalue weighted by atomic mass is 10.0. The number of carbonyl (C=O) groups excluding carboxylic acids is 2. The van der Waals surface area contributed by atoms with E-state index < -0.39 is 27.9 Å². The van der Waals surface area contributed by atoms with Crippen LogP contribution in [0.3, 0.4) is 0 Å². The fourth-order valence-corrected chi connectivity index (χ4v) is 5.19. The average Bonchev–Trinajstić information content (AvgIpc) is 2.82. The fourth-order valence-electron chi connectivity index (χ4n) is 3.62. The third kappa shape index (κ3) is 6.79. The number of ether oxygens (including phenoxy) is 1. The van der Waals surface area contributed by atoms with Crippen LogP contribution in [0.1, 0.15) is 33.1 Å². The highest BCUT2D eigenvalue weighted by Crippen LogP contribution is 2.23. The second-order valence-corrected chi connectivity index (χ2v) is 10.3. The number of sulfonamides is 1. The summed E-state index contributed by atoms with van der Waals surface area (Å²) in [5.41, 5.74) is 0.360. The molecule has 0 unspecified atom stereocenters. The van der Waals surface area contributed by atoms with E-state index in [2.05, 4.69) is 10.6 Å².